The summed E-state index contributed by atoms with van der Waals surface area (Å²) in [4.78, 5) is 33.8. The van der Waals surface area contributed by atoms with Crippen LogP contribution in [0.15, 0.2) is 0 Å². The average Bonchev–Trinajstić information content (AvgIpc) is 2.35. The van der Waals surface area contributed by atoms with Crippen LogP contribution in [0.25, 0.3) is 0 Å². The molecule has 0 rings (SSSR count). The number of ether oxygens (including phenoxy) is 1. The van der Waals surface area contributed by atoms with Gasteiger partial charge in [0.15, 0.2) is 6.04 Å². The average molecular weight is 291 g/mol. The van der Waals surface area contributed by atoms with Gasteiger partial charge in [0.05, 0.1) is 12.7 Å². The number of rotatable bonds is 8. The number of hydrogen-bond donors (Lipinski definition) is 5. The van der Waals surface area contributed by atoms with Gasteiger partial charge in [-0.2, -0.15) is 0 Å². The quantitative estimate of drug-likeness (QED) is 0.337. The summed E-state index contributed by atoms with van der Waals surface area (Å²) < 4.78 is 4.75. The van der Waals surface area contributed by atoms with Crippen LogP contribution in [0.1, 0.15) is 13.8 Å². The van der Waals surface area contributed by atoms with Crippen LogP contribution in [-0.2, 0) is 14.3 Å². The standard InChI is InChI=1S/C11H21N3O6/c1-6(9(16)12-4-5-20-3)13-11(19)14-8(7(2)15)10(17)18/h6-8,15H,4-5H2,1-3H3,(H,12,16)(H,17,18)(H2,13,14,19)/t6?,7-,8+/m1/s1. The first-order chi connectivity index (χ1) is 9.29. The highest BCUT2D eigenvalue weighted by Gasteiger charge is 2.26. The Hall–Kier alpha value is -1.87. The summed E-state index contributed by atoms with van der Waals surface area (Å²) >= 11 is 0. The van der Waals surface area contributed by atoms with Crippen molar-refractivity contribution < 1.29 is 29.3 Å². The lowest BCUT2D eigenvalue weighted by molar-refractivity contribution is -0.141. The minimum Gasteiger partial charge on any atom is -0.480 e. The molecule has 0 fully saturated rings. The molecular formula is C11H21N3O6. The molecule has 1 unspecified atom stereocenters. The number of carbonyl (C=O) groups excluding carboxylic acids is 2. The molecule has 9 nitrogen and oxygen atoms in total. The molecule has 0 aromatic heterocycles. The van der Waals surface area contributed by atoms with Gasteiger partial charge in [0.1, 0.15) is 6.04 Å². The Morgan fingerprint density at radius 3 is 2.25 bits per heavy atom. The number of hydrogen-bond acceptors (Lipinski definition) is 5. The van der Waals surface area contributed by atoms with Gasteiger partial charge in [-0.1, -0.05) is 0 Å². The summed E-state index contributed by atoms with van der Waals surface area (Å²) in [6.07, 6.45) is -1.26. The number of aliphatic carboxylic acids is 1. The Kier molecular flexibility index (Phi) is 8.25. The molecule has 0 saturated heterocycles. The molecule has 0 radical (unpaired) electrons. The van der Waals surface area contributed by atoms with Gasteiger partial charge in [0, 0.05) is 13.7 Å². The third-order valence-electron chi connectivity index (χ3n) is 2.38. The first kappa shape index (κ1) is 18.1. The number of carbonyl (C=O) groups is 3. The zero-order chi connectivity index (χ0) is 15.7. The number of urea groups is 1. The molecule has 0 bridgehead atoms. The van der Waals surface area contributed by atoms with E-state index in [0.717, 1.165) is 0 Å². The van der Waals surface area contributed by atoms with Crippen LogP contribution in [0.3, 0.4) is 0 Å². The number of methoxy groups -OCH3 is 1. The van der Waals surface area contributed by atoms with Crippen LogP contribution in [0.5, 0.6) is 0 Å². The molecular weight excluding hydrogens is 270 g/mol. The van der Waals surface area contributed by atoms with Crippen molar-refractivity contribution in [2.75, 3.05) is 20.3 Å². The zero-order valence-corrected chi connectivity index (χ0v) is 11.7. The molecule has 0 saturated carbocycles. The van der Waals surface area contributed by atoms with Gasteiger partial charge in [-0.05, 0) is 13.8 Å². The van der Waals surface area contributed by atoms with E-state index in [0.29, 0.717) is 13.2 Å². The molecule has 0 aliphatic heterocycles. The van der Waals surface area contributed by atoms with Crippen LogP contribution in [0, 0.1) is 0 Å². The second kappa shape index (κ2) is 9.10. The molecule has 3 amide bonds. The van der Waals surface area contributed by atoms with Gasteiger partial charge in [-0.3, -0.25) is 4.79 Å². The molecule has 5 N–H and O–H groups in total. The zero-order valence-electron chi connectivity index (χ0n) is 11.7. The predicted molar refractivity (Wildman–Crippen MR) is 69.1 cm³/mol. The first-order valence-electron chi connectivity index (χ1n) is 6.04. The Labute approximate surface area is 116 Å². The molecule has 0 aliphatic rings. The van der Waals surface area contributed by atoms with E-state index in [9.17, 15) is 19.5 Å². The molecule has 0 heterocycles. The van der Waals surface area contributed by atoms with Gasteiger partial charge in [0.2, 0.25) is 5.91 Å². The van der Waals surface area contributed by atoms with E-state index in [4.69, 9.17) is 9.84 Å². The molecule has 0 aromatic rings. The van der Waals surface area contributed by atoms with Crippen LogP contribution in [-0.4, -0.2) is 66.6 Å². The van der Waals surface area contributed by atoms with Crippen molar-refractivity contribution in [3.8, 4) is 0 Å². The second-order valence-electron chi connectivity index (χ2n) is 4.18. The summed E-state index contributed by atoms with van der Waals surface area (Å²) in [6, 6.07) is -3.15. The van der Waals surface area contributed by atoms with Crippen LogP contribution < -0.4 is 16.0 Å². The minimum atomic E-state index is -1.45. The summed E-state index contributed by atoms with van der Waals surface area (Å²) in [7, 11) is 1.49. The van der Waals surface area contributed by atoms with Gasteiger partial charge >= 0.3 is 12.0 Å². The lowest BCUT2D eigenvalue weighted by Crippen LogP contribution is -2.55. The van der Waals surface area contributed by atoms with E-state index in [1.54, 1.807) is 0 Å². The van der Waals surface area contributed by atoms with E-state index in [1.165, 1.54) is 21.0 Å². The number of carboxylic acids is 1. The maximum absolute atomic E-state index is 11.5. The van der Waals surface area contributed by atoms with Crippen molar-refractivity contribution in [3.63, 3.8) is 0 Å². The van der Waals surface area contributed by atoms with E-state index >= 15 is 0 Å². The van der Waals surface area contributed by atoms with Crippen LogP contribution in [0.4, 0.5) is 4.79 Å². The Bertz CT molecular complexity index is 347. The van der Waals surface area contributed by atoms with E-state index < -0.39 is 36.1 Å². The molecule has 9 heteroatoms. The van der Waals surface area contributed by atoms with Crippen molar-refractivity contribution in [1.82, 2.24) is 16.0 Å². The third-order valence-corrected chi connectivity index (χ3v) is 2.38. The summed E-state index contributed by atoms with van der Waals surface area (Å²) in [6.45, 7) is 3.32. The minimum absolute atomic E-state index is 0.300. The summed E-state index contributed by atoms with van der Waals surface area (Å²) in [5.74, 6) is -1.80. The Morgan fingerprint density at radius 2 is 1.80 bits per heavy atom. The molecule has 20 heavy (non-hydrogen) atoms. The van der Waals surface area contributed by atoms with Crippen molar-refractivity contribution >= 4 is 17.9 Å². The highest BCUT2D eigenvalue weighted by molar-refractivity contribution is 5.88. The fourth-order valence-corrected chi connectivity index (χ4v) is 1.26. The number of amides is 3. The molecule has 0 spiro atoms. The van der Waals surface area contributed by atoms with E-state index in [-0.39, 0.29) is 0 Å². The second-order valence-corrected chi connectivity index (χ2v) is 4.18. The van der Waals surface area contributed by atoms with Crippen molar-refractivity contribution in [2.24, 2.45) is 0 Å². The first-order valence-corrected chi connectivity index (χ1v) is 6.04. The Morgan fingerprint density at radius 1 is 1.20 bits per heavy atom. The Balaban J connectivity index is 4.24. The van der Waals surface area contributed by atoms with E-state index in [2.05, 4.69) is 16.0 Å². The van der Waals surface area contributed by atoms with Crippen LogP contribution in [0.2, 0.25) is 0 Å². The molecule has 3 atom stereocenters. The van der Waals surface area contributed by atoms with Gasteiger partial charge < -0.3 is 30.9 Å². The highest BCUT2D eigenvalue weighted by atomic mass is 16.5. The number of aliphatic hydroxyl groups is 1. The fourth-order valence-electron chi connectivity index (χ4n) is 1.26. The number of aliphatic hydroxyl groups excluding tert-OH is 1. The topological polar surface area (TPSA) is 137 Å². The predicted octanol–water partition coefficient (Wildman–Crippen LogP) is -1.73. The highest BCUT2D eigenvalue weighted by Crippen LogP contribution is 1.93. The lowest BCUT2D eigenvalue weighted by Gasteiger charge is -2.19. The summed E-state index contributed by atoms with van der Waals surface area (Å²) in [5, 5.41) is 24.8. The summed E-state index contributed by atoms with van der Waals surface area (Å²) in [5.41, 5.74) is 0. The monoisotopic (exact) mass is 291 g/mol. The molecule has 116 valence electrons. The van der Waals surface area contributed by atoms with Crippen molar-refractivity contribution in [2.45, 2.75) is 32.0 Å². The molecule has 0 aromatic carbocycles. The van der Waals surface area contributed by atoms with Gasteiger partial charge in [-0.25, -0.2) is 9.59 Å². The van der Waals surface area contributed by atoms with Gasteiger partial charge in [0.25, 0.3) is 0 Å². The van der Waals surface area contributed by atoms with E-state index in [1.807, 2.05) is 0 Å². The lowest BCUT2D eigenvalue weighted by atomic mass is 10.2. The van der Waals surface area contributed by atoms with Crippen molar-refractivity contribution in [3.05, 3.63) is 0 Å². The smallest absolute Gasteiger partial charge is 0.328 e. The SMILES string of the molecule is COCCNC(=O)C(C)NC(=O)N[C@H](C(=O)O)[C@@H](C)O. The maximum Gasteiger partial charge on any atom is 0.328 e. The van der Waals surface area contributed by atoms with Crippen molar-refractivity contribution in [1.29, 1.82) is 0 Å². The normalized spacial score (nSPS) is 14.8. The third kappa shape index (κ3) is 6.90. The largest absolute Gasteiger partial charge is 0.480 e. The fraction of sp³-hybridized carbons (Fsp3) is 0.727. The number of carboxylic acid groups (broad SMARTS) is 1. The number of nitrogens with one attached hydrogen (secondary N) is 3. The molecule has 0 aliphatic carbocycles. The van der Waals surface area contributed by atoms with Crippen LogP contribution >= 0.6 is 0 Å². The maximum atomic E-state index is 11.5. The van der Waals surface area contributed by atoms with Gasteiger partial charge in [-0.15, -0.1) is 0 Å².